The topological polar surface area (TPSA) is 97.1 Å². The van der Waals surface area contributed by atoms with Crippen molar-refractivity contribution in [2.45, 2.75) is 13.0 Å². The van der Waals surface area contributed by atoms with Crippen LogP contribution in [-0.2, 0) is 4.79 Å². The van der Waals surface area contributed by atoms with E-state index in [4.69, 9.17) is 5.73 Å². The minimum absolute atomic E-state index is 0.409. The van der Waals surface area contributed by atoms with Gasteiger partial charge in [-0.1, -0.05) is 6.07 Å². The SMILES string of the molecule is CC(NC(=O)Nc1ccccn1)C(N)=O. The number of nitrogens with zero attached hydrogens (tertiary/aromatic N) is 1. The predicted molar refractivity (Wildman–Crippen MR) is 55.0 cm³/mol. The fraction of sp³-hybridized carbons (Fsp3) is 0.222. The summed E-state index contributed by atoms with van der Waals surface area (Å²) in [6.07, 6.45) is 1.55. The molecule has 0 saturated carbocycles. The number of carbonyl (C=O) groups excluding carboxylic acids is 2. The maximum atomic E-state index is 11.3. The van der Waals surface area contributed by atoms with Gasteiger partial charge in [0.2, 0.25) is 5.91 Å². The highest BCUT2D eigenvalue weighted by Gasteiger charge is 2.11. The monoisotopic (exact) mass is 208 g/mol. The molecule has 1 atom stereocenters. The maximum absolute atomic E-state index is 11.3. The van der Waals surface area contributed by atoms with Crippen LogP contribution in [0.1, 0.15) is 6.92 Å². The van der Waals surface area contributed by atoms with Crippen molar-refractivity contribution in [2.75, 3.05) is 5.32 Å². The van der Waals surface area contributed by atoms with Crippen LogP contribution in [0.25, 0.3) is 0 Å². The third kappa shape index (κ3) is 3.63. The number of aromatic nitrogens is 1. The zero-order chi connectivity index (χ0) is 11.3. The molecule has 4 N–H and O–H groups in total. The second-order valence-corrected chi connectivity index (χ2v) is 2.94. The summed E-state index contributed by atoms with van der Waals surface area (Å²) in [7, 11) is 0. The summed E-state index contributed by atoms with van der Waals surface area (Å²) >= 11 is 0. The van der Waals surface area contributed by atoms with Gasteiger partial charge in [-0.05, 0) is 19.1 Å². The lowest BCUT2D eigenvalue weighted by Crippen LogP contribution is -2.44. The number of hydrogen-bond donors (Lipinski definition) is 3. The molecule has 15 heavy (non-hydrogen) atoms. The molecule has 1 aromatic heterocycles. The fourth-order valence-electron chi connectivity index (χ4n) is 0.857. The molecule has 3 amide bonds. The first-order chi connectivity index (χ1) is 7.09. The Morgan fingerprint density at radius 2 is 2.20 bits per heavy atom. The van der Waals surface area contributed by atoms with Gasteiger partial charge in [-0.2, -0.15) is 0 Å². The minimum atomic E-state index is -0.714. The lowest BCUT2D eigenvalue weighted by Gasteiger charge is -2.10. The summed E-state index contributed by atoms with van der Waals surface area (Å²) < 4.78 is 0. The molecule has 0 radical (unpaired) electrons. The van der Waals surface area contributed by atoms with Crippen molar-refractivity contribution in [2.24, 2.45) is 5.73 Å². The number of anilines is 1. The van der Waals surface area contributed by atoms with E-state index in [9.17, 15) is 9.59 Å². The first kappa shape index (κ1) is 11.0. The number of carbonyl (C=O) groups is 2. The molecule has 0 aliphatic rings. The molecule has 1 rings (SSSR count). The molecule has 6 heteroatoms. The van der Waals surface area contributed by atoms with Crippen LogP contribution in [0.3, 0.4) is 0 Å². The summed E-state index contributed by atoms with van der Waals surface area (Å²) in [5.41, 5.74) is 4.98. The van der Waals surface area contributed by atoms with Crippen LogP contribution in [0.15, 0.2) is 24.4 Å². The number of urea groups is 1. The molecule has 0 aliphatic carbocycles. The normalized spacial score (nSPS) is 11.5. The van der Waals surface area contributed by atoms with Gasteiger partial charge in [0.15, 0.2) is 0 Å². The second-order valence-electron chi connectivity index (χ2n) is 2.94. The zero-order valence-corrected chi connectivity index (χ0v) is 8.23. The Morgan fingerprint density at radius 3 is 2.73 bits per heavy atom. The summed E-state index contributed by atoms with van der Waals surface area (Å²) in [6.45, 7) is 1.50. The average molecular weight is 208 g/mol. The summed E-state index contributed by atoms with van der Waals surface area (Å²) in [5.74, 6) is -0.183. The van der Waals surface area contributed by atoms with E-state index < -0.39 is 18.0 Å². The Balaban J connectivity index is 2.47. The highest BCUT2D eigenvalue weighted by atomic mass is 16.2. The number of primary amides is 1. The number of nitrogens with one attached hydrogen (secondary N) is 2. The average Bonchev–Trinajstić information content (AvgIpc) is 2.18. The molecular formula is C9H12N4O2. The number of pyridine rings is 1. The van der Waals surface area contributed by atoms with Gasteiger partial charge in [0, 0.05) is 6.20 Å². The summed E-state index contributed by atoms with van der Waals surface area (Å²) in [6, 6.07) is 3.87. The van der Waals surface area contributed by atoms with Crippen LogP contribution in [0.5, 0.6) is 0 Å². The van der Waals surface area contributed by atoms with Gasteiger partial charge in [-0.15, -0.1) is 0 Å². The molecule has 0 saturated heterocycles. The van der Waals surface area contributed by atoms with Crippen molar-refractivity contribution in [3.05, 3.63) is 24.4 Å². The Bertz CT molecular complexity index is 352. The van der Waals surface area contributed by atoms with Gasteiger partial charge in [-0.3, -0.25) is 10.1 Å². The molecular weight excluding hydrogens is 196 g/mol. The van der Waals surface area contributed by atoms with E-state index in [-0.39, 0.29) is 0 Å². The van der Waals surface area contributed by atoms with E-state index in [0.717, 1.165) is 0 Å². The highest BCUT2D eigenvalue weighted by molar-refractivity contribution is 5.92. The largest absolute Gasteiger partial charge is 0.368 e. The van der Waals surface area contributed by atoms with Crippen LogP contribution in [-0.4, -0.2) is 23.0 Å². The molecule has 0 bridgehead atoms. The summed E-state index contributed by atoms with van der Waals surface area (Å²) in [4.78, 5) is 25.8. The van der Waals surface area contributed by atoms with E-state index in [1.165, 1.54) is 6.92 Å². The molecule has 6 nitrogen and oxygen atoms in total. The first-order valence-electron chi connectivity index (χ1n) is 4.37. The Morgan fingerprint density at radius 1 is 1.47 bits per heavy atom. The molecule has 80 valence electrons. The maximum Gasteiger partial charge on any atom is 0.321 e. The van der Waals surface area contributed by atoms with Gasteiger partial charge >= 0.3 is 6.03 Å². The van der Waals surface area contributed by atoms with Crippen molar-refractivity contribution in [3.8, 4) is 0 Å². The van der Waals surface area contributed by atoms with Crippen molar-refractivity contribution in [3.63, 3.8) is 0 Å². The Kier molecular flexibility index (Phi) is 3.61. The van der Waals surface area contributed by atoms with Crippen molar-refractivity contribution in [1.82, 2.24) is 10.3 Å². The van der Waals surface area contributed by atoms with Gasteiger partial charge in [0.05, 0.1) is 0 Å². The quantitative estimate of drug-likeness (QED) is 0.656. The third-order valence-corrected chi connectivity index (χ3v) is 1.68. The minimum Gasteiger partial charge on any atom is -0.368 e. The van der Waals surface area contributed by atoms with E-state index in [1.807, 2.05) is 0 Å². The molecule has 0 spiro atoms. The third-order valence-electron chi connectivity index (χ3n) is 1.68. The molecule has 0 fully saturated rings. The van der Waals surface area contributed by atoms with Crippen LogP contribution in [0.2, 0.25) is 0 Å². The highest BCUT2D eigenvalue weighted by Crippen LogP contribution is 1.98. The van der Waals surface area contributed by atoms with Crippen LogP contribution < -0.4 is 16.4 Å². The number of rotatable bonds is 3. The number of nitrogens with two attached hydrogens (primary N) is 1. The molecule has 0 aliphatic heterocycles. The lowest BCUT2D eigenvalue weighted by atomic mass is 10.3. The second kappa shape index (κ2) is 4.94. The number of amides is 3. The molecule has 1 aromatic rings. The molecule has 0 aromatic carbocycles. The van der Waals surface area contributed by atoms with E-state index >= 15 is 0 Å². The first-order valence-corrected chi connectivity index (χ1v) is 4.37. The van der Waals surface area contributed by atoms with E-state index in [2.05, 4.69) is 15.6 Å². The van der Waals surface area contributed by atoms with Crippen LogP contribution >= 0.6 is 0 Å². The molecule has 1 heterocycles. The fourth-order valence-corrected chi connectivity index (χ4v) is 0.857. The van der Waals surface area contributed by atoms with E-state index in [1.54, 1.807) is 24.4 Å². The van der Waals surface area contributed by atoms with Gasteiger partial charge in [-0.25, -0.2) is 9.78 Å². The van der Waals surface area contributed by atoms with E-state index in [0.29, 0.717) is 5.82 Å². The van der Waals surface area contributed by atoms with Crippen LogP contribution in [0, 0.1) is 0 Å². The standard InChI is InChI=1S/C9H12N4O2/c1-6(8(10)14)12-9(15)13-7-4-2-3-5-11-7/h2-6H,1H3,(H2,10,14)(H2,11,12,13,15). The van der Waals surface area contributed by atoms with Crippen molar-refractivity contribution in [1.29, 1.82) is 0 Å². The van der Waals surface area contributed by atoms with Crippen molar-refractivity contribution < 1.29 is 9.59 Å². The molecule has 1 unspecified atom stereocenters. The van der Waals surface area contributed by atoms with Gasteiger partial charge in [0.25, 0.3) is 0 Å². The lowest BCUT2D eigenvalue weighted by molar-refractivity contribution is -0.119. The zero-order valence-electron chi connectivity index (χ0n) is 8.23. The summed E-state index contributed by atoms with van der Waals surface area (Å²) in [5, 5.41) is 4.82. The predicted octanol–water partition coefficient (Wildman–Crippen LogP) is 0.0769. The van der Waals surface area contributed by atoms with Crippen molar-refractivity contribution >= 4 is 17.8 Å². The Labute approximate surface area is 86.9 Å². The van der Waals surface area contributed by atoms with Gasteiger partial charge < -0.3 is 11.1 Å². The van der Waals surface area contributed by atoms with Crippen LogP contribution in [0.4, 0.5) is 10.6 Å². The number of hydrogen-bond acceptors (Lipinski definition) is 3. The Hall–Kier alpha value is -2.11. The smallest absolute Gasteiger partial charge is 0.321 e. The van der Waals surface area contributed by atoms with Gasteiger partial charge in [0.1, 0.15) is 11.9 Å².